The molecular weight excluding hydrogens is 219 g/mol. The molecule has 0 aliphatic carbocycles. The summed E-state index contributed by atoms with van der Waals surface area (Å²) < 4.78 is 31.7. The molecule has 0 aliphatic rings. The zero-order valence-electron chi connectivity index (χ0n) is 7.02. The number of rotatable bonds is 1. The molecule has 0 atom stereocenters. The Morgan fingerprint density at radius 3 is 1.77 bits per heavy atom. The Balaban J connectivity index is 0.00000144. The molecule has 13 heavy (non-hydrogen) atoms. The van der Waals surface area contributed by atoms with Gasteiger partial charge in [0.05, 0.1) is 11.4 Å². The van der Waals surface area contributed by atoms with E-state index in [-0.39, 0.29) is 62.8 Å². The zero-order valence-corrected chi connectivity index (χ0v) is 11.0. The normalized spacial score (nSPS) is 10.5. The minimum Gasteiger partial charge on any atom is -0.744 e. The summed E-state index contributed by atoms with van der Waals surface area (Å²) in [6.07, 6.45) is 0. The monoisotopic (exact) mass is 226 g/mol. The minimum atomic E-state index is -4.56. The average molecular weight is 226 g/mol. The van der Waals surface area contributed by atoms with E-state index in [1.807, 2.05) is 0 Å². The van der Waals surface area contributed by atoms with Crippen molar-refractivity contribution in [1.82, 2.24) is 0 Å². The van der Waals surface area contributed by atoms with Gasteiger partial charge in [-0.25, -0.2) is 8.42 Å². The van der Waals surface area contributed by atoms with Crippen molar-refractivity contribution in [2.45, 2.75) is 4.90 Å². The summed E-state index contributed by atoms with van der Waals surface area (Å²) in [6, 6.07) is 4.08. The van der Waals surface area contributed by atoms with Gasteiger partial charge < -0.3 is 16.0 Å². The summed E-state index contributed by atoms with van der Waals surface area (Å²) in [5.41, 5.74) is 10.3. The molecule has 7 heteroatoms. The van der Waals surface area contributed by atoms with E-state index in [1.165, 1.54) is 18.2 Å². The van der Waals surface area contributed by atoms with Gasteiger partial charge in [-0.2, -0.15) is 0 Å². The first-order chi connectivity index (χ1) is 5.43. The van der Waals surface area contributed by atoms with Crippen molar-refractivity contribution >= 4 is 21.5 Å². The van der Waals surface area contributed by atoms with E-state index in [0.29, 0.717) is 0 Å². The van der Waals surface area contributed by atoms with E-state index in [1.54, 1.807) is 0 Å². The van der Waals surface area contributed by atoms with Crippen LogP contribution in [-0.2, 0) is 10.1 Å². The Morgan fingerprint density at radius 2 is 1.54 bits per heavy atom. The maximum absolute atomic E-state index is 10.6. The molecule has 0 spiro atoms. The van der Waals surface area contributed by atoms with Gasteiger partial charge in [-0.15, -0.1) is 0 Å². The molecule has 1 rings (SSSR count). The SMILES string of the molecule is Nc1cccc(N)c1S(=O)(=O)[O-].[K+]. The fraction of sp³-hybridized carbons (Fsp3) is 0. The van der Waals surface area contributed by atoms with E-state index in [9.17, 15) is 13.0 Å². The van der Waals surface area contributed by atoms with Gasteiger partial charge in [0, 0.05) is 0 Å². The number of nitrogens with two attached hydrogens (primary N) is 2. The smallest absolute Gasteiger partial charge is 0.744 e. The number of hydrogen-bond acceptors (Lipinski definition) is 5. The summed E-state index contributed by atoms with van der Waals surface area (Å²) in [7, 11) is -4.56. The molecule has 66 valence electrons. The molecule has 0 aliphatic heterocycles. The van der Waals surface area contributed by atoms with Gasteiger partial charge in [0.25, 0.3) is 0 Å². The molecule has 0 saturated heterocycles. The van der Waals surface area contributed by atoms with Crippen molar-refractivity contribution in [1.29, 1.82) is 0 Å². The van der Waals surface area contributed by atoms with Crippen LogP contribution in [0, 0.1) is 0 Å². The molecule has 0 saturated carbocycles. The molecule has 4 N–H and O–H groups in total. The molecule has 5 nitrogen and oxygen atoms in total. The standard InChI is InChI=1S/C6H8N2O3S.K/c7-4-2-1-3-5(8)6(4)12(9,10)11;/h1-3H,7-8H2,(H,9,10,11);/q;+1/p-1. The van der Waals surface area contributed by atoms with Crippen molar-refractivity contribution < 1.29 is 64.4 Å². The molecule has 0 amide bonds. The van der Waals surface area contributed by atoms with E-state index in [0.717, 1.165) is 0 Å². The molecule has 0 unspecified atom stereocenters. The van der Waals surface area contributed by atoms with Crippen LogP contribution in [0.2, 0.25) is 0 Å². The Hall–Kier alpha value is 0.366. The maximum Gasteiger partial charge on any atom is 1.00 e. The van der Waals surface area contributed by atoms with Crippen LogP contribution in [0.15, 0.2) is 23.1 Å². The summed E-state index contributed by atoms with van der Waals surface area (Å²) in [5.74, 6) is 0. The maximum atomic E-state index is 10.6. The molecule has 1 aromatic rings. The fourth-order valence-corrected chi connectivity index (χ4v) is 1.58. The van der Waals surface area contributed by atoms with Crippen LogP contribution in [0.4, 0.5) is 11.4 Å². The van der Waals surface area contributed by atoms with Gasteiger partial charge in [-0.3, -0.25) is 0 Å². The molecule has 0 aromatic heterocycles. The van der Waals surface area contributed by atoms with Crippen LogP contribution in [0.3, 0.4) is 0 Å². The molecule has 0 radical (unpaired) electrons. The van der Waals surface area contributed by atoms with E-state index >= 15 is 0 Å². The van der Waals surface area contributed by atoms with Crippen LogP contribution in [0.25, 0.3) is 0 Å². The van der Waals surface area contributed by atoms with Gasteiger partial charge in [0.1, 0.15) is 15.0 Å². The largest absolute Gasteiger partial charge is 1.00 e. The van der Waals surface area contributed by atoms with E-state index < -0.39 is 15.0 Å². The molecule has 1 aromatic carbocycles. The first-order valence-electron chi connectivity index (χ1n) is 3.03. The predicted molar refractivity (Wildman–Crippen MR) is 43.2 cm³/mol. The molecular formula is C6H7KN2O3S. The topological polar surface area (TPSA) is 109 Å². The third-order valence-corrected chi connectivity index (χ3v) is 2.30. The number of anilines is 2. The van der Waals surface area contributed by atoms with Gasteiger partial charge in [0.2, 0.25) is 0 Å². The average Bonchev–Trinajstić information content (AvgIpc) is 1.82. The number of hydrogen-bond donors (Lipinski definition) is 2. The van der Waals surface area contributed by atoms with Crippen LogP contribution >= 0.6 is 0 Å². The molecule has 0 fully saturated rings. The van der Waals surface area contributed by atoms with Gasteiger partial charge >= 0.3 is 51.4 Å². The van der Waals surface area contributed by atoms with Gasteiger partial charge in [-0.1, -0.05) is 6.07 Å². The summed E-state index contributed by atoms with van der Waals surface area (Å²) in [5, 5.41) is 0. The summed E-state index contributed by atoms with van der Waals surface area (Å²) >= 11 is 0. The third-order valence-electron chi connectivity index (χ3n) is 1.33. The Kier molecular flexibility index (Phi) is 4.87. The Bertz CT molecular complexity index is 384. The first kappa shape index (κ1) is 13.4. The number of nitrogen functional groups attached to an aromatic ring is 2. The quantitative estimate of drug-likeness (QED) is 0.297. The summed E-state index contributed by atoms with van der Waals surface area (Å²) in [4.78, 5) is -0.537. The van der Waals surface area contributed by atoms with E-state index in [2.05, 4.69) is 0 Å². The molecule has 0 bridgehead atoms. The van der Waals surface area contributed by atoms with E-state index in [4.69, 9.17) is 11.5 Å². The second-order valence-electron chi connectivity index (χ2n) is 2.22. The fourth-order valence-electron chi connectivity index (χ4n) is 0.862. The number of benzene rings is 1. The van der Waals surface area contributed by atoms with Crippen LogP contribution in [-0.4, -0.2) is 13.0 Å². The van der Waals surface area contributed by atoms with Crippen molar-refractivity contribution in [3.63, 3.8) is 0 Å². The van der Waals surface area contributed by atoms with Crippen LogP contribution in [0.5, 0.6) is 0 Å². The predicted octanol–water partition coefficient (Wildman–Crippen LogP) is -3.24. The van der Waals surface area contributed by atoms with Crippen molar-refractivity contribution in [2.24, 2.45) is 0 Å². The first-order valence-corrected chi connectivity index (χ1v) is 4.43. The Labute approximate surface area is 119 Å². The zero-order chi connectivity index (χ0) is 9.35. The van der Waals surface area contributed by atoms with Crippen LogP contribution in [0.1, 0.15) is 0 Å². The van der Waals surface area contributed by atoms with Gasteiger partial charge in [0.15, 0.2) is 0 Å². The van der Waals surface area contributed by atoms with Crippen molar-refractivity contribution in [3.05, 3.63) is 18.2 Å². The minimum absolute atomic E-state index is 0. The van der Waals surface area contributed by atoms with Crippen LogP contribution < -0.4 is 62.9 Å². The van der Waals surface area contributed by atoms with Gasteiger partial charge in [-0.05, 0) is 12.1 Å². The second-order valence-corrected chi connectivity index (χ2v) is 3.54. The third kappa shape index (κ3) is 3.20. The van der Waals surface area contributed by atoms with Crippen molar-refractivity contribution in [3.8, 4) is 0 Å². The van der Waals surface area contributed by atoms with Crippen molar-refractivity contribution in [2.75, 3.05) is 11.5 Å². The molecule has 0 heterocycles. The Morgan fingerprint density at radius 1 is 1.15 bits per heavy atom. The second kappa shape index (κ2) is 4.74. The summed E-state index contributed by atoms with van der Waals surface area (Å²) in [6.45, 7) is 0.